The third-order valence-corrected chi connectivity index (χ3v) is 5.89. The number of amides is 1. The molecule has 150 valence electrons. The number of hydrogen-bond donors (Lipinski definition) is 3. The van der Waals surface area contributed by atoms with Gasteiger partial charge in [0.1, 0.15) is 0 Å². The van der Waals surface area contributed by atoms with Crippen molar-refractivity contribution in [1.82, 2.24) is 10.6 Å². The van der Waals surface area contributed by atoms with Gasteiger partial charge in [-0.15, -0.1) is 35.7 Å². The molecule has 7 heteroatoms. The molecule has 0 aliphatic heterocycles. The van der Waals surface area contributed by atoms with Crippen LogP contribution in [0.2, 0.25) is 0 Å². The molecule has 0 aromatic heterocycles. The Hall–Kier alpha value is -1.74. The Labute approximate surface area is 188 Å². The molecule has 1 saturated carbocycles. The van der Waals surface area contributed by atoms with E-state index in [2.05, 4.69) is 51.3 Å². The van der Waals surface area contributed by atoms with Crippen LogP contribution in [0.1, 0.15) is 25.3 Å². The average molecular weight is 510 g/mol. The van der Waals surface area contributed by atoms with Crippen LogP contribution < -0.4 is 16.0 Å². The SMILES string of the molecule is CN=C(NCc1cccc(NC(C)=O)c1)NCC1(Sc2ccccc2)CC1.I. The first-order valence-corrected chi connectivity index (χ1v) is 9.95. The third kappa shape index (κ3) is 7.01. The maximum Gasteiger partial charge on any atom is 0.221 e. The van der Waals surface area contributed by atoms with Crippen LogP contribution in [0.3, 0.4) is 0 Å². The zero-order valence-corrected chi connectivity index (χ0v) is 19.3. The standard InChI is InChI=1S/C21H26N4OS.HI/c1-16(26)25-18-8-6-7-17(13-18)14-23-20(22-2)24-15-21(11-12-21)27-19-9-4-3-5-10-19;/h3-10,13H,11-12,14-15H2,1-2H3,(H,25,26)(H2,22,23,24);1H. The maximum atomic E-state index is 11.2. The molecule has 3 rings (SSSR count). The molecule has 28 heavy (non-hydrogen) atoms. The molecule has 0 spiro atoms. The highest BCUT2D eigenvalue weighted by Gasteiger charge is 2.43. The second-order valence-corrected chi connectivity index (χ2v) is 8.30. The van der Waals surface area contributed by atoms with Crippen molar-refractivity contribution < 1.29 is 4.79 Å². The normalized spacial score (nSPS) is 14.6. The van der Waals surface area contributed by atoms with Gasteiger partial charge in [0.2, 0.25) is 5.91 Å². The fourth-order valence-corrected chi connectivity index (χ4v) is 4.05. The first kappa shape index (κ1) is 22.5. The Bertz CT molecular complexity index is 809. The van der Waals surface area contributed by atoms with Crippen LogP contribution in [0.25, 0.3) is 0 Å². The van der Waals surface area contributed by atoms with E-state index in [1.165, 1.54) is 24.7 Å². The lowest BCUT2D eigenvalue weighted by Crippen LogP contribution is -2.40. The molecular weight excluding hydrogens is 483 g/mol. The van der Waals surface area contributed by atoms with Gasteiger partial charge < -0.3 is 16.0 Å². The summed E-state index contributed by atoms with van der Waals surface area (Å²) >= 11 is 1.95. The van der Waals surface area contributed by atoms with E-state index < -0.39 is 0 Å². The Kier molecular flexibility index (Phi) is 8.62. The Morgan fingerprint density at radius 1 is 1.11 bits per heavy atom. The minimum absolute atomic E-state index is 0. The summed E-state index contributed by atoms with van der Waals surface area (Å²) in [5, 5.41) is 9.61. The number of nitrogens with zero attached hydrogens (tertiary/aromatic N) is 1. The fourth-order valence-electron chi connectivity index (χ4n) is 2.81. The molecule has 2 aromatic rings. The summed E-state index contributed by atoms with van der Waals surface area (Å²) in [6, 6.07) is 18.4. The summed E-state index contributed by atoms with van der Waals surface area (Å²) in [5.74, 6) is 0.725. The number of aliphatic imine (C=N–C) groups is 1. The minimum atomic E-state index is -0.0665. The summed E-state index contributed by atoms with van der Waals surface area (Å²) in [6.07, 6.45) is 2.44. The van der Waals surface area contributed by atoms with Gasteiger partial charge in [0, 0.05) is 42.4 Å². The lowest BCUT2D eigenvalue weighted by molar-refractivity contribution is -0.114. The Morgan fingerprint density at radius 2 is 1.86 bits per heavy atom. The van der Waals surface area contributed by atoms with Crippen molar-refractivity contribution in [1.29, 1.82) is 0 Å². The summed E-state index contributed by atoms with van der Waals surface area (Å²) in [5.41, 5.74) is 1.89. The van der Waals surface area contributed by atoms with Crippen LogP contribution in [0.5, 0.6) is 0 Å². The van der Waals surface area contributed by atoms with E-state index >= 15 is 0 Å². The molecule has 0 saturated heterocycles. The molecular formula is C21H27IN4OS. The maximum absolute atomic E-state index is 11.2. The van der Waals surface area contributed by atoms with Gasteiger partial charge in [0.05, 0.1) is 0 Å². The lowest BCUT2D eigenvalue weighted by atomic mass is 10.2. The number of benzene rings is 2. The number of carbonyl (C=O) groups is 1. The van der Waals surface area contributed by atoms with Crippen molar-refractivity contribution in [3.8, 4) is 0 Å². The number of rotatable bonds is 7. The van der Waals surface area contributed by atoms with Crippen LogP contribution in [-0.2, 0) is 11.3 Å². The first-order valence-electron chi connectivity index (χ1n) is 9.14. The van der Waals surface area contributed by atoms with Crippen molar-refractivity contribution in [2.24, 2.45) is 4.99 Å². The number of guanidine groups is 1. The Morgan fingerprint density at radius 3 is 2.50 bits per heavy atom. The van der Waals surface area contributed by atoms with E-state index in [1.807, 2.05) is 36.0 Å². The predicted molar refractivity (Wildman–Crippen MR) is 129 cm³/mol. The molecule has 5 nitrogen and oxygen atoms in total. The molecule has 1 amide bonds. The summed E-state index contributed by atoms with van der Waals surface area (Å²) in [7, 11) is 1.78. The van der Waals surface area contributed by atoms with E-state index in [-0.39, 0.29) is 34.6 Å². The Balaban J connectivity index is 0.00000280. The number of carbonyl (C=O) groups excluding carboxylic acids is 1. The van der Waals surface area contributed by atoms with Crippen LogP contribution in [-0.4, -0.2) is 30.2 Å². The zero-order valence-electron chi connectivity index (χ0n) is 16.2. The highest BCUT2D eigenvalue weighted by atomic mass is 127. The monoisotopic (exact) mass is 510 g/mol. The van der Waals surface area contributed by atoms with Gasteiger partial charge in [-0.1, -0.05) is 30.3 Å². The quantitative estimate of drug-likeness (QED) is 0.296. The molecule has 1 fully saturated rings. The van der Waals surface area contributed by atoms with E-state index in [0.29, 0.717) is 6.54 Å². The van der Waals surface area contributed by atoms with Crippen LogP contribution in [0.4, 0.5) is 5.69 Å². The van der Waals surface area contributed by atoms with Crippen molar-refractivity contribution in [3.63, 3.8) is 0 Å². The topological polar surface area (TPSA) is 65.5 Å². The summed E-state index contributed by atoms with van der Waals surface area (Å²) < 4.78 is 0.268. The molecule has 0 unspecified atom stereocenters. The van der Waals surface area contributed by atoms with Gasteiger partial charge >= 0.3 is 0 Å². The van der Waals surface area contributed by atoms with Gasteiger partial charge in [0.25, 0.3) is 0 Å². The van der Waals surface area contributed by atoms with Crippen molar-refractivity contribution in [2.75, 3.05) is 18.9 Å². The predicted octanol–water partition coefficient (Wildman–Crippen LogP) is 4.25. The third-order valence-electron chi connectivity index (χ3n) is 4.39. The molecule has 0 heterocycles. The molecule has 0 atom stereocenters. The smallest absolute Gasteiger partial charge is 0.221 e. The second-order valence-electron chi connectivity index (χ2n) is 6.76. The van der Waals surface area contributed by atoms with E-state index in [1.54, 1.807) is 7.05 Å². The highest BCUT2D eigenvalue weighted by molar-refractivity contribution is 14.0. The van der Waals surface area contributed by atoms with Crippen molar-refractivity contribution >= 4 is 53.3 Å². The second kappa shape index (κ2) is 10.7. The highest BCUT2D eigenvalue weighted by Crippen LogP contribution is 2.51. The van der Waals surface area contributed by atoms with Crippen molar-refractivity contribution in [3.05, 3.63) is 60.2 Å². The van der Waals surface area contributed by atoms with E-state index in [9.17, 15) is 4.79 Å². The van der Waals surface area contributed by atoms with Crippen LogP contribution in [0.15, 0.2) is 64.5 Å². The van der Waals surface area contributed by atoms with Gasteiger partial charge in [-0.25, -0.2) is 0 Å². The van der Waals surface area contributed by atoms with Crippen LogP contribution in [0, 0.1) is 0 Å². The van der Waals surface area contributed by atoms with Gasteiger partial charge in [-0.05, 0) is 42.7 Å². The van der Waals surface area contributed by atoms with Crippen LogP contribution >= 0.6 is 35.7 Å². The molecule has 0 radical (unpaired) electrons. The minimum Gasteiger partial charge on any atom is -0.355 e. The number of anilines is 1. The average Bonchev–Trinajstić information content (AvgIpc) is 3.42. The molecule has 1 aliphatic rings. The largest absolute Gasteiger partial charge is 0.355 e. The van der Waals surface area contributed by atoms with E-state index in [4.69, 9.17) is 0 Å². The number of halogens is 1. The summed E-state index contributed by atoms with van der Waals surface area (Å²) in [6.45, 7) is 3.04. The van der Waals surface area contributed by atoms with Gasteiger partial charge in [-0.2, -0.15) is 0 Å². The fraction of sp³-hybridized carbons (Fsp3) is 0.333. The zero-order chi connectivity index (χ0) is 19.1. The molecule has 0 bridgehead atoms. The first-order chi connectivity index (χ1) is 13.1. The lowest BCUT2D eigenvalue weighted by Gasteiger charge is -2.18. The number of thioether (sulfide) groups is 1. The number of nitrogens with one attached hydrogen (secondary N) is 3. The van der Waals surface area contributed by atoms with Gasteiger partial charge in [0.15, 0.2) is 5.96 Å². The van der Waals surface area contributed by atoms with Crippen molar-refractivity contribution in [2.45, 2.75) is 36.0 Å². The van der Waals surface area contributed by atoms with E-state index in [0.717, 1.165) is 23.8 Å². The summed E-state index contributed by atoms with van der Waals surface area (Å²) in [4.78, 5) is 16.8. The molecule has 3 N–H and O–H groups in total. The number of hydrogen-bond acceptors (Lipinski definition) is 3. The van der Waals surface area contributed by atoms with Gasteiger partial charge in [-0.3, -0.25) is 9.79 Å². The molecule has 2 aromatic carbocycles. The molecule has 1 aliphatic carbocycles.